The highest BCUT2D eigenvalue weighted by Crippen LogP contribution is 2.25. The summed E-state index contributed by atoms with van der Waals surface area (Å²) in [5.74, 6) is -1.32. The van der Waals surface area contributed by atoms with Gasteiger partial charge in [0.2, 0.25) is 0 Å². The third-order valence-electron chi connectivity index (χ3n) is 2.89. The molecule has 0 aliphatic heterocycles. The van der Waals surface area contributed by atoms with Gasteiger partial charge in [-0.15, -0.1) is 0 Å². The van der Waals surface area contributed by atoms with E-state index in [0.717, 1.165) is 12.1 Å². The number of nitrogens with zero attached hydrogens (tertiary/aromatic N) is 1. The van der Waals surface area contributed by atoms with E-state index >= 15 is 0 Å². The average Bonchev–Trinajstić information content (AvgIpc) is 2.50. The fourth-order valence-electron chi connectivity index (χ4n) is 1.90. The zero-order valence-corrected chi connectivity index (χ0v) is 15.7. The number of carbonyl (C=O) groups excluding carboxylic acids is 2. The number of aromatic nitrogens is 1. The van der Waals surface area contributed by atoms with E-state index in [-0.39, 0.29) is 27.2 Å². The molecule has 26 heavy (non-hydrogen) atoms. The first-order valence-electron chi connectivity index (χ1n) is 7.48. The quantitative estimate of drug-likeness (QED) is 0.701. The van der Waals surface area contributed by atoms with Crippen molar-refractivity contribution in [2.24, 2.45) is 0 Å². The van der Waals surface area contributed by atoms with E-state index in [2.05, 4.69) is 15.6 Å². The van der Waals surface area contributed by atoms with Crippen molar-refractivity contribution in [2.75, 3.05) is 10.6 Å². The molecule has 1 aromatic carbocycles. The topological polar surface area (TPSA) is 80.3 Å². The van der Waals surface area contributed by atoms with E-state index in [0.29, 0.717) is 0 Å². The largest absolute Gasteiger partial charge is 0.444 e. The second-order valence-corrected chi connectivity index (χ2v) is 7.03. The third kappa shape index (κ3) is 5.57. The number of amides is 2. The maximum atomic E-state index is 13.6. The van der Waals surface area contributed by atoms with E-state index < -0.39 is 23.4 Å². The maximum absolute atomic E-state index is 13.6. The minimum absolute atomic E-state index is 0.0127. The van der Waals surface area contributed by atoms with Gasteiger partial charge in [-0.05, 0) is 51.1 Å². The van der Waals surface area contributed by atoms with Crippen LogP contribution in [0.4, 0.5) is 20.6 Å². The summed E-state index contributed by atoms with van der Waals surface area (Å²) in [6, 6.07) is 6.31. The summed E-state index contributed by atoms with van der Waals surface area (Å²) < 4.78 is 18.7. The van der Waals surface area contributed by atoms with Crippen molar-refractivity contribution in [3.05, 3.63) is 52.0 Å². The van der Waals surface area contributed by atoms with Gasteiger partial charge in [0.1, 0.15) is 22.3 Å². The lowest BCUT2D eigenvalue weighted by Gasteiger charge is -2.20. The van der Waals surface area contributed by atoms with E-state index in [4.69, 9.17) is 27.9 Å². The van der Waals surface area contributed by atoms with Crippen LogP contribution in [0.15, 0.2) is 30.3 Å². The molecule has 0 spiro atoms. The summed E-state index contributed by atoms with van der Waals surface area (Å²) in [6.07, 6.45) is -0.751. The van der Waals surface area contributed by atoms with Crippen LogP contribution in [0.5, 0.6) is 0 Å². The van der Waals surface area contributed by atoms with Crippen LogP contribution in [0.25, 0.3) is 0 Å². The lowest BCUT2D eigenvalue weighted by atomic mass is 10.2. The minimum atomic E-state index is -0.751. The molecule has 1 heterocycles. The normalized spacial score (nSPS) is 11.0. The number of hydrogen-bond acceptors (Lipinski definition) is 4. The number of anilines is 2. The summed E-state index contributed by atoms with van der Waals surface area (Å²) in [6.45, 7) is 5.10. The summed E-state index contributed by atoms with van der Waals surface area (Å²) in [5.41, 5.74) is -0.691. The van der Waals surface area contributed by atoms with Crippen LogP contribution in [0.1, 0.15) is 31.3 Å². The second-order valence-electron chi connectivity index (χ2n) is 6.24. The van der Waals surface area contributed by atoms with Crippen molar-refractivity contribution < 1.29 is 18.7 Å². The fourth-order valence-corrected chi connectivity index (χ4v) is 2.24. The number of nitrogens with one attached hydrogen (secondary N) is 2. The number of carbonyl (C=O) groups is 2. The highest BCUT2D eigenvalue weighted by atomic mass is 35.5. The molecule has 0 atom stereocenters. The number of ether oxygens (including phenoxy) is 1. The molecule has 2 rings (SSSR count). The number of halogens is 3. The van der Waals surface area contributed by atoms with Gasteiger partial charge in [0.05, 0.1) is 16.4 Å². The van der Waals surface area contributed by atoms with Gasteiger partial charge in [0.25, 0.3) is 5.91 Å². The Kier molecular flexibility index (Phi) is 6.05. The van der Waals surface area contributed by atoms with E-state index in [1.54, 1.807) is 20.8 Å². The van der Waals surface area contributed by atoms with Crippen LogP contribution in [0, 0.1) is 5.82 Å². The second kappa shape index (κ2) is 7.88. The zero-order valence-electron chi connectivity index (χ0n) is 14.2. The maximum Gasteiger partial charge on any atom is 0.412 e. The highest BCUT2D eigenvalue weighted by Gasteiger charge is 2.19. The van der Waals surface area contributed by atoms with Gasteiger partial charge < -0.3 is 10.1 Å². The van der Waals surface area contributed by atoms with Gasteiger partial charge in [-0.2, -0.15) is 0 Å². The average molecular weight is 400 g/mol. The predicted molar refractivity (Wildman–Crippen MR) is 98.5 cm³/mol. The number of hydrogen-bond donors (Lipinski definition) is 2. The fraction of sp³-hybridized carbons (Fsp3) is 0.235. The van der Waals surface area contributed by atoms with Crippen LogP contribution >= 0.6 is 23.2 Å². The summed E-state index contributed by atoms with van der Waals surface area (Å²) in [5, 5.41) is 5.05. The van der Waals surface area contributed by atoms with Crippen LogP contribution in [0.2, 0.25) is 10.2 Å². The van der Waals surface area contributed by atoms with Crippen molar-refractivity contribution in [1.82, 2.24) is 4.98 Å². The Balaban J connectivity index is 2.26. The molecule has 0 fully saturated rings. The Morgan fingerprint density at radius 1 is 1.08 bits per heavy atom. The van der Waals surface area contributed by atoms with Gasteiger partial charge in [0, 0.05) is 0 Å². The molecule has 0 unspecified atom stereocenters. The molecule has 0 radical (unpaired) electrons. The number of pyridine rings is 1. The molecule has 6 nitrogen and oxygen atoms in total. The van der Waals surface area contributed by atoms with Gasteiger partial charge in [-0.3, -0.25) is 10.1 Å². The molecule has 0 aliphatic rings. The Labute approximate surface area is 159 Å². The van der Waals surface area contributed by atoms with Crippen molar-refractivity contribution in [3.8, 4) is 0 Å². The molecule has 0 saturated heterocycles. The highest BCUT2D eigenvalue weighted by molar-refractivity contribution is 6.35. The molecule has 2 aromatic rings. The minimum Gasteiger partial charge on any atom is -0.444 e. The first-order chi connectivity index (χ1) is 12.0. The predicted octanol–water partition coefficient (Wildman–Crippen LogP) is 5.13. The number of rotatable bonds is 3. The van der Waals surface area contributed by atoms with E-state index in [9.17, 15) is 14.0 Å². The first-order valence-corrected chi connectivity index (χ1v) is 8.24. The Morgan fingerprint density at radius 3 is 2.42 bits per heavy atom. The monoisotopic (exact) mass is 399 g/mol. The molecule has 138 valence electrons. The summed E-state index contributed by atoms with van der Waals surface area (Å²) in [7, 11) is 0. The van der Waals surface area contributed by atoms with Gasteiger partial charge in [0.15, 0.2) is 0 Å². The van der Waals surface area contributed by atoms with Crippen molar-refractivity contribution >= 4 is 46.6 Å². The lowest BCUT2D eigenvalue weighted by Crippen LogP contribution is -2.27. The molecule has 1 aromatic heterocycles. The molecule has 2 N–H and O–H groups in total. The molecule has 2 amide bonds. The summed E-state index contributed by atoms with van der Waals surface area (Å²) >= 11 is 11.7. The Morgan fingerprint density at radius 2 is 1.77 bits per heavy atom. The van der Waals surface area contributed by atoms with E-state index in [1.807, 2.05) is 0 Å². The van der Waals surface area contributed by atoms with Crippen LogP contribution in [-0.2, 0) is 4.74 Å². The first kappa shape index (κ1) is 19.9. The lowest BCUT2D eigenvalue weighted by molar-refractivity contribution is 0.0635. The zero-order chi connectivity index (χ0) is 19.5. The van der Waals surface area contributed by atoms with Crippen LogP contribution in [0.3, 0.4) is 0 Å². The van der Waals surface area contributed by atoms with Gasteiger partial charge in [-0.1, -0.05) is 23.2 Å². The SMILES string of the molecule is CC(C)(C)OC(=O)Nc1ccc(F)cc1NC(=O)c1nc(Cl)ccc1Cl. The smallest absolute Gasteiger partial charge is 0.412 e. The summed E-state index contributed by atoms with van der Waals surface area (Å²) in [4.78, 5) is 28.2. The standard InChI is InChI=1S/C17H16Cl2FN3O3/c1-17(2,3)26-16(25)22-11-6-4-9(20)8-12(11)21-15(24)14-10(18)5-7-13(19)23-14/h4-8H,1-3H3,(H,21,24)(H,22,25). The van der Waals surface area contributed by atoms with Gasteiger partial charge >= 0.3 is 6.09 Å². The third-order valence-corrected chi connectivity index (χ3v) is 3.41. The van der Waals surface area contributed by atoms with Crippen molar-refractivity contribution in [1.29, 1.82) is 0 Å². The Hall–Kier alpha value is -2.38. The van der Waals surface area contributed by atoms with Gasteiger partial charge in [-0.25, -0.2) is 14.2 Å². The van der Waals surface area contributed by atoms with Crippen LogP contribution in [-0.4, -0.2) is 22.6 Å². The van der Waals surface area contributed by atoms with Crippen LogP contribution < -0.4 is 10.6 Å². The molecule has 0 saturated carbocycles. The van der Waals surface area contributed by atoms with Crippen molar-refractivity contribution in [3.63, 3.8) is 0 Å². The Bertz CT molecular complexity index is 854. The van der Waals surface area contributed by atoms with Crippen molar-refractivity contribution in [2.45, 2.75) is 26.4 Å². The molecule has 0 bridgehead atoms. The molecular formula is C17H16Cl2FN3O3. The molecule has 9 heteroatoms. The molecular weight excluding hydrogens is 384 g/mol. The molecule has 0 aliphatic carbocycles. The number of benzene rings is 1. The van der Waals surface area contributed by atoms with E-state index in [1.165, 1.54) is 18.2 Å².